The summed E-state index contributed by atoms with van der Waals surface area (Å²) in [5.74, 6) is -3.69. The number of carbonyl (C=O) groups is 1. The van der Waals surface area contributed by atoms with Crippen LogP contribution in [0.4, 0.5) is 14.6 Å². The average Bonchev–Trinajstić information content (AvgIpc) is 3.31. The number of para-hydroxylation sites is 1. The molecule has 1 amide bonds. The van der Waals surface area contributed by atoms with Crippen molar-refractivity contribution in [1.29, 1.82) is 0 Å². The second-order valence-electron chi connectivity index (χ2n) is 7.69. The molecule has 1 aliphatic rings. The lowest BCUT2D eigenvalue weighted by Gasteiger charge is -2.26. The number of alkyl halides is 2. The number of aryl methyl sites for hydroxylation is 1. The van der Waals surface area contributed by atoms with Crippen molar-refractivity contribution in [2.75, 3.05) is 12.3 Å². The van der Waals surface area contributed by atoms with Crippen LogP contribution in [-0.2, 0) is 7.05 Å². The maximum absolute atomic E-state index is 14.6. The zero-order valence-electron chi connectivity index (χ0n) is 17.0. The first-order valence-corrected chi connectivity index (χ1v) is 9.94. The van der Waals surface area contributed by atoms with Gasteiger partial charge in [-0.2, -0.15) is 5.10 Å². The van der Waals surface area contributed by atoms with E-state index in [2.05, 4.69) is 15.4 Å². The second-order valence-corrected chi connectivity index (χ2v) is 7.69. The molecule has 1 saturated carbocycles. The lowest BCUT2D eigenvalue weighted by molar-refractivity contribution is -0.0258. The molecule has 2 atom stereocenters. The molecule has 7 nitrogen and oxygen atoms in total. The van der Waals surface area contributed by atoms with E-state index in [-0.39, 0.29) is 30.8 Å². The largest absolute Gasteiger partial charge is 0.493 e. The SMILES string of the molecule is Cn1cc(-c2cnc(N)c(C(=O)N[C@H]3[C@H](COc4ccccc4)CCC3(F)F)c2)cn1. The van der Waals surface area contributed by atoms with Crippen molar-refractivity contribution in [2.24, 2.45) is 13.0 Å². The fourth-order valence-corrected chi connectivity index (χ4v) is 3.77. The molecule has 0 saturated heterocycles. The van der Waals surface area contributed by atoms with Crippen molar-refractivity contribution >= 4 is 11.7 Å². The maximum Gasteiger partial charge on any atom is 0.268 e. The van der Waals surface area contributed by atoms with Gasteiger partial charge in [-0.1, -0.05) is 18.2 Å². The van der Waals surface area contributed by atoms with Crippen LogP contribution in [0.15, 0.2) is 55.0 Å². The number of hydrogen-bond donors (Lipinski definition) is 2. The third-order valence-electron chi connectivity index (χ3n) is 5.47. The van der Waals surface area contributed by atoms with E-state index in [1.807, 2.05) is 18.2 Å². The quantitative estimate of drug-likeness (QED) is 0.630. The number of pyridine rings is 1. The predicted octanol–water partition coefficient (Wildman–Crippen LogP) is 3.29. The van der Waals surface area contributed by atoms with Crippen molar-refractivity contribution in [2.45, 2.75) is 24.8 Å². The summed E-state index contributed by atoms with van der Waals surface area (Å²) in [6.45, 7) is 0.0774. The number of ether oxygens (including phenoxy) is 1. The highest BCUT2D eigenvalue weighted by molar-refractivity contribution is 5.99. The number of anilines is 1. The molecular weight excluding hydrogens is 404 g/mol. The molecule has 2 aromatic heterocycles. The van der Waals surface area contributed by atoms with E-state index >= 15 is 0 Å². The number of nitrogens with zero attached hydrogens (tertiary/aromatic N) is 3. The Morgan fingerprint density at radius 1 is 1.29 bits per heavy atom. The minimum atomic E-state index is -3.04. The first-order chi connectivity index (χ1) is 14.8. The van der Waals surface area contributed by atoms with Crippen LogP contribution in [0.2, 0.25) is 0 Å². The first kappa shape index (κ1) is 20.8. The average molecular weight is 427 g/mol. The normalized spacial score (nSPS) is 19.8. The Morgan fingerprint density at radius 2 is 2.06 bits per heavy atom. The van der Waals surface area contributed by atoms with Crippen LogP contribution in [0, 0.1) is 5.92 Å². The van der Waals surface area contributed by atoms with Gasteiger partial charge >= 0.3 is 0 Å². The van der Waals surface area contributed by atoms with E-state index in [0.717, 1.165) is 5.56 Å². The van der Waals surface area contributed by atoms with Gasteiger partial charge in [-0.25, -0.2) is 13.8 Å². The van der Waals surface area contributed by atoms with E-state index < -0.39 is 23.8 Å². The number of nitrogens with one attached hydrogen (secondary N) is 1. The number of hydrogen-bond acceptors (Lipinski definition) is 5. The third kappa shape index (κ3) is 4.50. The van der Waals surface area contributed by atoms with Crippen LogP contribution in [0.25, 0.3) is 11.1 Å². The summed E-state index contributed by atoms with van der Waals surface area (Å²) in [6, 6.07) is 9.17. The molecule has 4 rings (SSSR count). The Balaban J connectivity index is 1.51. The molecule has 1 fully saturated rings. The molecule has 1 aliphatic carbocycles. The topological polar surface area (TPSA) is 95.1 Å². The summed E-state index contributed by atoms with van der Waals surface area (Å²) >= 11 is 0. The zero-order valence-corrected chi connectivity index (χ0v) is 17.0. The molecule has 2 heterocycles. The van der Waals surface area contributed by atoms with Gasteiger partial charge in [0.05, 0.1) is 24.4 Å². The molecule has 3 aromatic rings. The van der Waals surface area contributed by atoms with Gasteiger partial charge in [-0.3, -0.25) is 9.48 Å². The van der Waals surface area contributed by atoms with E-state index in [1.54, 1.807) is 36.3 Å². The zero-order chi connectivity index (χ0) is 22.0. The van der Waals surface area contributed by atoms with E-state index in [4.69, 9.17) is 10.5 Å². The number of carbonyl (C=O) groups excluding carboxylic acids is 1. The molecule has 9 heteroatoms. The van der Waals surface area contributed by atoms with Gasteiger partial charge in [-0.05, 0) is 24.6 Å². The summed E-state index contributed by atoms with van der Waals surface area (Å²) in [4.78, 5) is 17.0. The van der Waals surface area contributed by atoms with Crippen LogP contribution >= 0.6 is 0 Å². The lowest BCUT2D eigenvalue weighted by atomic mass is 10.0. The van der Waals surface area contributed by atoms with Crippen LogP contribution in [0.3, 0.4) is 0 Å². The molecule has 0 aliphatic heterocycles. The smallest absolute Gasteiger partial charge is 0.268 e. The van der Waals surface area contributed by atoms with Gasteiger partial charge in [0.25, 0.3) is 11.8 Å². The third-order valence-corrected chi connectivity index (χ3v) is 5.47. The van der Waals surface area contributed by atoms with E-state index in [9.17, 15) is 13.6 Å². The Bertz CT molecular complexity index is 1070. The predicted molar refractivity (Wildman–Crippen MR) is 112 cm³/mol. The summed E-state index contributed by atoms with van der Waals surface area (Å²) in [7, 11) is 1.77. The number of aromatic nitrogens is 3. The van der Waals surface area contributed by atoms with Crippen molar-refractivity contribution in [1.82, 2.24) is 20.1 Å². The molecule has 0 radical (unpaired) electrons. The van der Waals surface area contributed by atoms with Gasteiger partial charge in [-0.15, -0.1) is 0 Å². The summed E-state index contributed by atoms with van der Waals surface area (Å²) < 4.78 is 36.4. The van der Waals surface area contributed by atoms with Crippen molar-refractivity contribution in [3.63, 3.8) is 0 Å². The van der Waals surface area contributed by atoms with Gasteiger partial charge in [0.2, 0.25) is 0 Å². The summed E-state index contributed by atoms with van der Waals surface area (Å²) in [6.07, 6.45) is 4.83. The number of rotatable bonds is 6. The molecule has 0 bridgehead atoms. The van der Waals surface area contributed by atoms with Gasteiger partial charge < -0.3 is 15.8 Å². The van der Waals surface area contributed by atoms with Crippen LogP contribution in [-0.4, -0.2) is 39.2 Å². The summed E-state index contributed by atoms with van der Waals surface area (Å²) in [5.41, 5.74) is 7.29. The van der Waals surface area contributed by atoms with Crippen molar-refractivity contribution < 1.29 is 18.3 Å². The van der Waals surface area contributed by atoms with Gasteiger partial charge in [0, 0.05) is 42.9 Å². The Morgan fingerprint density at radius 3 is 2.77 bits per heavy atom. The minimum absolute atomic E-state index is 0.0245. The Labute approximate surface area is 178 Å². The number of halogens is 2. The standard InChI is InChI=1S/C22H23F2N5O2/c1-29-12-16(11-27-29)15-9-18(20(25)26-10-15)21(30)28-19-14(7-8-22(19,23)24)13-31-17-5-3-2-4-6-17/h2-6,9-12,14,19H,7-8,13H2,1H3,(H2,25,26)(H,28,30)/t14-,19-/m0/s1. The van der Waals surface area contributed by atoms with E-state index in [1.165, 1.54) is 12.3 Å². The molecule has 162 valence electrons. The first-order valence-electron chi connectivity index (χ1n) is 9.94. The highest BCUT2D eigenvalue weighted by atomic mass is 19.3. The maximum atomic E-state index is 14.6. The van der Waals surface area contributed by atoms with Gasteiger partial charge in [0.1, 0.15) is 11.6 Å². The Hall–Kier alpha value is -3.49. The monoisotopic (exact) mass is 427 g/mol. The van der Waals surface area contributed by atoms with Crippen molar-refractivity contribution in [3.8, 4) is 16.9 Å². The van der Waals surface area contributed by atoms with Gasteiger partial charge in [0.15, 0.2) is 0 Å². The number of benzene rings is 1. The summed E-state index contributed by atoms with van der Waals surface area (Å²) in [5, 5.41) is 6.58. The van der Waals surface area contributed by atoms with Crippen LogP contribution in [0.1, 0.15) is 23.2 Å². The highest BCUT2D eigenvalue weighted by Crippen LogP contribution is 2.40. The number of nitrogens with two attached hydrogens (primary N) is 1. The van der Waals surface area contributed by atoms with Crippen molar-refractivity contribution in [3.05, 3.63) is 60.6 Å². The molecular formula is C22H23F2N5O2. The van der Waals surface area contributed by atoms with Crippen LogP contribution in [0.5, 0.6) is 5.75 Å². The molecule has 3 N–H and O–H groups in total. The lowest BCUT2D eigenvalue weighted by Crippen LogP contribution is -2.48. The fraction of sp³-hybridized carbons (Fsp3) is 0.318. The minimum Gasteiger partial charge on any atom is -0.493 e. The highest BCUT2D eigenvalue weighted by Gasteiger charge is 2.51. The second kappa shape index (κ2) is 8.33. The Kier molecular flexibility index (Phi) is 5.58. The molecule has 0 unspecified atom stereocenters. The van der Waals surface area contributed by atoms with Crippen LogP contribution < -0.4 is 15.8 Å². The fourth-order valence-electron chi connectivity index (χ4n) is 3.77. The molecule has 0 spiro atoms. The molecule has 1 aromatic carbocycles. The molecule has 31 heavy (non-hydrogen) atoms. The number of amides is 1. The number of nitrogen functional groups attached to an aromatic ring is 1. The van der Waals surface area contributed by atoms with E-state index in [0.29, 0.717) is 11.3 Å².